The number of phenols is 3. The van der Waals surface area contributed by atoms with Crippen LogP contribution in [0.1, 0.15) is 61.3 Å². The quantitative estimate of drug-likeness (QED) is 0.668. The number of aldehydes is 2. The summed E-state index contributed by atoms with van der Waals surface area (Å²) in [6.45, 7) is 0. The van der Waals surface area contributed by atoms with E-state index in [1.165, 1.54) is 31.0 Å². The Morgan fingerprint density at radius 3 is 1.81 bits per heavy atom. The molecule has 0 atom stereocenters. The molecular formula is C21H28O6. The first kappa shape index (κ1) is 24.0. The van der Waals surface area contributed by atoms with Crippen LogP contribution in [0, 0.1) is 0 Å². The Kier molecular flexibility index (Phi) is 10.3. The summed E-state index contributed by atoms with van der Waals surface area (Å²) in [6, 6.07) is 8.60. The first-order valence-electron chi connectivity index (χ1n) is 7.95. The van der Waals surface area contributed by atoms with Gasteiger partial charge < -0.3 is 20.1 Å². The fraction of sp³-hybridized carbons (Fsp3) is 0.333. The molecule has 0 unspecified atom stereocenters. The molecule has 1 saturated carbocycles. The molecule has 0 amide bonds. The van der Waals surface area contributed by atoms with Crippen LogP contribution in [0.4, 0.5) is 0 Å². The topological polar surface area (TPSA) is 104 Å². The summed E-state index contributed by atoms with van der Waals surface area (Å²) in [5, 5.41) is 27.1. The molecule has 2 aromatic rings. The van der Waals surface area contributed by atoms with E-state index < -0.39 is 0 Å². The van der Waals surface area contributed by atoms with Crippen molar-refractivity contribution in [2.24, 2.45) is 0 Å². The van der Waals surface area contributed by atoms with Gasteiger partial charge in [-0.1, -0.05) is 14.9 Å². The van der Waals surface area contributed by atoms with Crippen LogP contribution < -0.4 is 4.74 Å². The van der Waals surface area contributed by atoms with Gasteiger partial charge in [0, 0.05) is 12.1 Å². The fourth-order valence-corrected chi connectivity index (χ4v) is 2.53. The highest BCUT2D eigenvalue weighted by atomic mass is 16.5. The van der Waals surface area contributed by atoms with E-state index in [1.807, 2.05) is 0 Å². The summed E-state index contributed by atoms with van der Waals surface area (Å²) in [5.41, 5.74) is 0.478. The summed E-state index contributed by atoms with van der Waals surface area (Å²) in [5.74, 6) is 0.378. The van der Waals surface area contributed by atoms with Gasteiger partial charge in [0.25, 0.3) is 0 Å². The molecule has 0 aliphatic heterocycles. The molecule has 6 heteroatoms. The minimum Gasteiger partial charge on any atom is -0.508 e. The van der Waals surface area contributed by atoms with E-state index in [-0.39, 0.29) is 43.8 Å². The van der Waals surface area contributed by atoms with Crippen LogP contribution in [0.3, 0.4) is 0 Å². The Balaban J connectivity index is 0.000000500. The van der Waals surface area contributed by atoms with Crippen LogP contribution in [0.25, 0.3) is 0 Å². The van der Waals surface area contributed by atoms with Gasteiger partial charge in [0.1, 0.15) is 23.0 Å². The van der Waals surface area contributed by atoms with Crippen LogP contribution in [-0.2, 0) is 0 Å². The van der Waals surface area contributed by atoms with Crippen molar-refractivity contribution in [2.75, 3.05) is 0 Å². The smallest absolute Gasteiger partial charge is 0.153 e. The highest BCUT2D eigenvalue weighted by Crippen LogP contribution is 2.27. The second-order valence-electron chi connectivity index (χ2n) is 5.72. The van der Waals surface area contributed by atoms with E-state index in [4.69, 9.17) is 14.9 Å². The maximum atomic E-state index is 10.5. The summed E-state index contributed by atoms with van der Waals surface area (Å²) in [6.07, 6.45) is 6.01. The Morgan fingerprint density at radius 2 is 1.33 bits per heavy atom. The molecule has 2 aromatic carbocycles. The predicted octanol–water partition coefficient (Wildman–Crippen LogP) is 4.71. The third kappa shape index (κ3) is 7.01. The zero-order valence-electron chi connectivity index (χ0n) is 13.6. The number of rotatable bonds is 4. The normalized spacial score (nSPS) is 12.6. The maximum absolute atomic E-state index is 10.5. The lowest BCUT2D eigenvalue weighted by atomic mass is 10.2. The predicted molar refractivity (Wildman–Crippen MR) is 105 cm³/mol. The monoisotopic (exact) mass is 376 g/mol. The van der Waals surface area contributed by atoms with Gasteiger partial charge in [-0.15, -0.1) is 0 Å². The first-order chi connectivity index (χ1) is 12.0. The van der Waals surface area contributed by atoms with E-state index in [0.29, 0.717) is 23.9 Å². The minimum absolute atomic E-state index is 0. The van der Waals surface area contributed by atoms with Gasteiger partial charge in [0.15, 0.2) is 12.6 Å². The van der Waals surface area contributed by atoms with Crippen LogP contribution in [-0.4, -0.2) is 34.0 Å². The fourth-order valence-electron chi connectivity index (χ4n) is 2.53. The Bertz CT molecular complexity index is 735. The molecule has 0 saturated heterocycles. The summed E-state index contributed by atoms with van der Waals surface area (Å²) >= 11 is 0. The number of aromatic hydroxyl groups is 3. The van der Waals surface area contributed by atoms with Crippen molar-refractivity contribution in [2.45, 2.75) is 46.6 Å². The molecule has 148 valence electrons. The molecule has 1 fully saturated rings. The summed E-state index contributed by atoms with van der Waals surface area (Å²) < 4.78 is 5.68. The number of carbonyl (C=O) groups excluding carboxylic acids is 2. The third-order valence-corrected chi connectivity index (χ3v) is 3.87. The second kappa shape index (κ2) is 11.6. The molecule has 27 heavy (non-hydrogen) atoms. The molecule has 0 bridgehead atoms. The van der Waals surface area contributed by atoms with Crippen LogP contribution in [0.15, 0.2) is 36.4 Å². The molecule has 0 spiro atoms. The highest BCUT2D eigenvalue weighted by molar-refractivity contribution is 5.79. The van der Waals surface area contributed by atoms with Gasteiger partial charge in [-0.3, -0.25) is 9.59 Å². The van der Waals surface area contributed by atoms with E-state index >= 15 is 0 Å². The Hall–Kier alpha value is -3.02. The SMILES string of the molecule is C.C.O=Cc1ccc(O)cc1O.O=Cc1ccc(OC2CCCC2)cc1O. The molecular weight excluding hydrogens is 348 g/mol. The number of hydrogen-bond donors (Lipinski definition) is 3. The molecule has 0 radical (unpaired) electrons. The second-order valence-corrected chi connectivity index (χ2v) is 5.72. The number of ether oxygens (including phenoxy) is 1. The minimum atomic E-state index is -0.199. The zero-order valence-corrected chi connectivity index (χ0v) is 13.6. The van der Waals surface area contributed by atoms with E-state index in [0.717, 1.165) is 18.9 Å². The van der Waals surface area contributed by atoms with E-state index in [1.54, 1.807) is 12.1 Å². The van der Waals surface area contributed by atoms with Crippen LogP contribution in [0.5, 0.6) is 23.0 Å². The molecule has 3 rings (SSSR count). The first-order valence-corrected chi connectivity index (χ1v) is 7.95. The van der Waals surface area contributed by atoms with Gasteiger partial charge in [-0.2, -0.15) is 0 Å². The Labute approximate surface area is 160 Å². The number of benzene rings is 2. The number of hydrogen-bond acceptors (Lipinski definition) is 6. The number of carbonyl (C=O) groups is 2. The lowest BCUT2D eigenvalue weighted by molar-refractivity contribution is 0.111. The van der Waals surface area contributed by atoms with Crippen molar-refractivity contribution >= 4 is 12.6 Å². The van der Waals surface area contributed by atoms with E-state index in [9.17, 15) is 14.7 Å². The van der Waals surface area contributed by atoms with E-state index in [2.05, 4.69) is 0 Å². The molecule has 1 aliphatic rings. The van der Waals surface area contributed by atoms with Crippen molar-refractivity contribution < 1.29 is 29.6 Å². The van der Waals surface area contributed by atoms with Gasteiger partial charge >= 0.3 is 0 Å². The van der Waals surface area contributed by atoms with Crippen LogP contribution in [0.2, 0.25) is 0 Å². The highest BCUT2D eigenvalue weighted by Gasteiger charge is 2.16. The maximum Gasteiger partial charge on any atom is 0.153 e. The van der Waals surface area contributed by atoms with Gasteiger partial charge in [-0.05, 0) is 49.9 Å². The molecule has 6 nitrogen and oxygen atoms in total. The largest absolute Gasteiger partial charge is 0.508 e. The van der Waals surface area contributed by atoms with Crippen molar-refractivity contribution in [3.63, 3.8) is 0 Å². The average molecular weight is 376 g/mol. The van der Waals surface area contributed by atoms with Gasteiger partial charge in [0.2, 0.25) is 0 Å². The summed E-state index contributed by atoms with van der Waals surface area (Å²) in [7, 11) is 0. The summed E-state index contributed by atoms with van der Waals surface area (Å²) in [4.78, 5) is 20.6. The Morgan fingerprint density at radius 1 is 0.815 bits per heavy atom. The molecule has 0 aromatic heterocycles. The average Bonchev–Trinajstić information content (AvgIpc) is 3.09. The van der Waals surface area contributed by atoms with Crippen molar-refractivity contribution in [3.05, 3.63) is 47.5 Å². The molecule has 3 N–H and O–H groups in total. The van der Waals surface area contributed by atoms with Gasteiger partial charge in [-0.25, -0.2) is 0 Å². The molecule has 0 heterocycles. The van der Waals surface area contributed by atoms with Crippen molar-refractivity contribution in [3.8, 4) is 23.0 Å². The lowest BCUT2D eigenvalue weighted by Gasteiger charge is -2.13. The third-order valence-electron chi connectivity index (χ3n) is 3.87. The molecule has 1 aliphatic carbocycles. The number of phenolic OH excluding ortho intramolecular Hbond substituents is 3. The van der Waals surface area contributed by atoms with Crippen molar-refractivity contribution in [1.29, 1.82) is 0 Å². The standard InChI is InChI=1S/C12H14O3.C7H6O3.2CH4/c13-8-9-5-6-11(7-12(9)14)15-10-3-1-2-4-10;8-4-5-1-2-6(9)3-7(5)10;;/h5-8,10,14H,1-4H2;1-4,9-10H;2*1H4. The lowest BCUT2D eigenvalue weighted by Crippen LogP contribution is -2.10. The zero-order chi connectivity index (χ0) is 18.2. The van der Waals surface area contributed by atoms with Crippen LogP contribution >= 0.6 is 0 Å². The van der Waals surface area contributed by atoms with Gasteiger partial charge in [0.05, 0.1) is 17.2 Å². The van der Waals surface area contributed by atoms with Crippen molar-refractivity contribution in [1.82, 2.24) is 0 Å².